The molecule has 0 aliphatic heterocycles. The number of amides is 2. The number of hydrogen-bond donors (Lipinski definition) is 2. The Balaban J connectivity index is 1.72. The molecule has 0 heterocycles. The summed E-state index contributed by atoms with van der Waals surface area (Å²) in [5.41, 5.74) is 0.358. The largest absolute Gasteiger partial charge is 0.452 e. The molecule has 0 atom stereocenters. The Kier molecular flexibility index (Phi) is 12.1. The van der Waals surface area contributed by atoms with Gasteiger partial charge in [0.15, 0.2) is 6.61 Å². The lowest BCUT2D eigenvalue weighted by atomic mass is 9.89. The Bertz CT molecular complexity index is 707. The Labute approximate surface area is 189 Å². The molecule has 1 aromatic carbocycles. The van der Waals surface area contributed by atoms with Gasteiger partial charge in [-0.25, -0.2) is 4.79 Å². The number of carbonyl (C=O) groups is 3. The molecule has 0 unspecified atom stereocenters. The predicted molar refractivity (Wildman–Crippen MR) is 121 cm³/mol. The topological polar surface area (TPSA) is 93.7 Å². The molecule has 1 aliphatic rings. The van der Waals surface area contributed by atoms with Crippen molar-refractivity contribution in [2.24, 2.45) is 5.92 Å². The SMILES string of the molecule is CCOCCCNC(=O)COC(=O)c1ccccc1SCC(=O)NCC1CCCCC1. The van der Waals surface area contributed by atoms with Crippen LogP contribution in [0.3, 0.4) is 0 Å². The van der Waals surface area contributed by atoms with Gasteiger partial charge in [0.25, 0.3) is 5.91 Å². The molecule has 0 bridgehead atoms. The molecule has 0 aromatic heterocycles. The van der Waals surface area contributed by atoms with Gasteiger partial charge in [0.05, 0.1) is 11.3 Å². The molecule has 8 heteroatoms. The highest BCUT2D eigenvalue weighted by molar-refractivity contribution is 8.00. The molecular weight excluding hydrogens is 416 g/mol. The lowest BCUT2D eigenvalue weighted by Gasteiger charge is -2.21. The van der Waals surface area contributed by atoms with E-state index in [9.17, 15) is 14.4 Å². The third-order valence-corrected chi connectivity index (χ3v) is 6.18. The van der Waals surface area contributed by atoms with Crippen LogP contribution in [0, 0.1) is 5.92 Å². The van der Waals surface area contributed by atoms with Crippen LogP contribution < -0.4 is 10.6 Å². The average Bonchev–Trinajstić information content (AvgIpc) is 2.80. The molecule has 0 spiro atoms. The van der Waals surface area contributed by atoms with Crippen LogP contribution in [0.5, 0.6) is 0 Å². The molecular formula is C23H34N2O5S. The van der Waals surface area contributed by atoms with Crippen molar-refractivity contribution in [1.82, 2.24) is 10.6 Å². The van der Waals surface area contributed by atoms with Gasteiger partial charge in [-0.15, -0.1) is 11.8 Å². The standard InChI is InChI=1S/C23H34N2O5S/c1-2-29-14-8-13-24-21(26)16-30-23(28)19-11-6-7-12-20(19)31-17-22(27)25-15-18-9-4-3-5-10-18/h6-7,11-12,18H,2-5,8-10,13-17H2,1H3,(H,24,26)(H,25,27). The molecule has 0 saturated heterocycles. The summed E-state index contributed by atoms with van der Waals surface area (Å²) < 4.78 is 10.3. The molecule has 1 fully saturated rings. The molecule has 1 saturated carbocycles. The van der Waals surface area contributed by atoms with Crippen LogP contribution in [-0.2, 0) is 19.1 Å². The van der Waals surface area contributed by atoms with Gasteiger partial charge in [0.2, 0.25) is 5.91 Å². The molecule has 2 N–H and O–H groups in total. The van der Waals surface area contributed by atoms with Crippen LogP contribution in [-0.4, -0.2) is 56.4 Å². The van der Waals surface area contributed by atoms with E-state index >= 15 is 0 Å². The van der Waals surface area contributed by atoms with Gasteiger partial charge in [0.1, 0.15) is 0 Å². The molecule has 31 heavy (non-hydrogen) atoms. The molecule has 1 aromatic rings. The van der Waals surface area contributed by atoms with E-state index in [4.69, 9.17) is 9.47 Å². The first-order valence-corrected chi connectivity index (χ1v) is 12.1. The number of benzene rings is 1. The van der Waals surface area contributed by atoms with Crippen LogP contribution in [0.4, 0.5) is 0 Å². The van der Waals surface area contributed by atoms with Crippen molar-refractivity contribution >= 4 is 29.5 Å². The molecule has 0 radical (unpaired) electrons. The highest BCUT2D eigenvalue weighted by Crippen LogP contribution is 2.24. The lowest BCUT2D eigenvalue weighted by Crippen LogP contribution is -2.31. The fourth-order valence-electron chi connectivity index (χ4n) is 3.41. The number of ether oxygens (including phenoxy) is 2. The summed E-state index contributed by atoms with van der Waals surface area (Å²) in [7, 11) is 0. The highest BCUT2D eigenvalue weighted by atomic mass is 32.2. The summed E-state index contributed by atoms with van der Waals surface area (Å²) in [6.45, 7) is 3.99. The second kappa shape index (κ2) is 14.9. The van der Waals surface area contributed by atoms with Crippen molar-refractivity contribution in [1.29, 1.82) is 0 Å². The van der Waals surface area contributed by atoms with Crippen molar-refractivity contribution in [2.45, 2.75) is 50.3 Å². The maximum absolute atomic E-state index is 12.4. The van der Waals surface area contributed by atoms with Gasteiger partial charge in [-0.2, -0.15) is 0 Å². The normalized spacial score (nSPS) is 14.1. The summed E-state index contributed by atoms with van der Waals surface area (Å²) in [5, 5.41) is 5.70. The summed E-state index contributed by atoms with van der Waals surface area (Å²) in [6, 6.07) is 6.97. The van der Waals surface area contributed by atoms with Crippen LogP contribution in [0.25, 0.3) is 0 Å². The minimum absolute atomic E-state index is 0.0369. The molecule has 2 amide bonds. The van der Waals surface area contributed by atoms with E-state index in [-0.39, 0.29) is 24.2 Å². The summed E-state index contributed by atoms with van der Waals surface area (Å²) in [4.78, 5) is 37.1. The Morgan fingerprint density at radius 1 is 1.06 bits per heavy atom. The van der Waals surface area contributed by atoms with E-state index < -0.39 is 5.97 Å². The second-order valence-electron chi connectivity index (χ2n) is 7.57. The van der Waals surface area contributed by atoms with Gasteiger partial charge in [-0.05, 0) is 44.2 Å². The first-order valence-electron chi connectivity index (χ1n) is 11.1. The Morgan fingerprint density at radius 3 is 2.61 bits per heavy atom. The highest BCUT2D eigenvalue weighted by Gasteiger charge is 2.17. The number of nitrogens with one attached hydrogen (secondary N) is 2. The van der Waals surface area contributed by atoms with E-state index in [0.717, 1.165) is 6.54 Å². The van der Waals surface area contributed by atoms with Crippen LogP contribution in [0.2, 0.25) is 0 Å². The Morgan fingerprint density at radius 2 is 1.84 bits per heavy atom. The van der Waals surface area contributed by atoms with Gasteiger partial charge in [-0.3, -0.25) is 9.59 Å². The van der Waals surface area contributed by atoms with Crippen molar-refractivity contribution in [3.63, 3.8) is 0 Å². The monoisotopic (exact) mass is 450 g/mol. The molecule has 2 rings (SSSR count). The summed E-state index contributed by atoms with van der Waals surface area (Å²) in [6.07, 6.45) is 6.86. The zero-order valence-electron chi connectivity index (χ0n) is 18.3. The van der Waals surface area contributed by atoms with E-state index in [1.165, 1.54) is 43.9 Å². The fraction of sp³-hybridized carbons (Fsp3) is 0.609. The van der Waals surface area contributed by atoms with Crippen molar-refractivity contribution < 1.29 is 23.9 Å². The van der Waals surface area contributed by atoms with E-state index in [1.54, 1.807) is 18.2 Å². The first-order chi connectivity index (χ1) is 15.1. The van der Waals surface area contributed by atoms with Crippen molar-refractivity contribution in [2.75, 3.05) is 38.7 Å². The smallest absolute Gasteiger partial charge is 0.339 e. The quantitative estimate of drug-likeness (QED) is 0.272. The third-order valence-electron chi connectivity index (χ3n) is 5.10. The average molecular weight is 451 g/mol. The van der Waals surface area contributed by atoms with E-state index in [0.29, 0.717) is 42.6 Å². The van der Waals surface area contributed by atoms with Crippen molar-refractivity contribution in [3.05, 3.63) is 29.8 Å². The maximum atomic E-state index is 12.4. The van der Waals surface area contributed by atoms with Gasteiger partial charge >= 0.3 is 5.97 Å². The number of rotatable bonds is 13. The minimum atomic E-state index is -0.574. The number of carbonyl (C=O) groups excluding carboxylic acids is 3. The number of esters is 1. The predicted octanol–water partition coefficient (Wildman–Crippen LogP) is 3.17. The second-order valence-corrected chi connectivity index (χ2v) is 8.59. The fourth-order valence-corrected chi connectivity index (χ4v) is 4.28. The van der Waals surface area contributed by atoms with Gasteiger partial charge in [-0.1, -0.05) is 31.4 Å². The zero-order chi connectivity index (χ0) is 22.3. The van der Waals surface area contributed by atoms with Crippen LogP contribution >= 0.6 is 11.8 Å². The Hall–Kier alpha value is -2.06. The summed E-state index contributed by atoms with van der Waals surface area (Å²) in [5.74, 6) is -0.148. The molecule has 1 aliphatic carbocycles. The first kappa shape index (κ1) is 25.2. The molecule has 172 valence electrons. The van der Waals surface area contributed by atoms with Crippen molar-refractivity contribution in [3.8, 4) is 0 Å². The van der Waals surface area contributed by atoms with Crippen LogP contribution in [0.15, 0.2) is 29.2 Å². The maximum Gasteiger partial charge on any atom is 0.339 e. The summed E-state index contributed by atoms with van der Waals surface area (Å²) >= 11 is 1.30. The lowest BCUT2D eigenvalue weighted by molar-refractivity contribution is -0.124. The molecule has 7 nitrogen and oxygen atoms in total. The van der Waals surface area contributed by atoms with E-state index in [2.05, 4.69) is 10.6 Å². The van der Waals surface area contributed by atoms with Crippen LogP contribution in [0.1, 0.15) is 55.8 Å². The van der Waals surface area contributed by atoms with Gasteiger partial charge < -0.3 is 20.1 Å². The number of thioether (sulfide) groups is 1. The number of hydrogen-bond acceptors (Lipinski definition) is 6. The minimum Gasteiger partial charge on any atom is -0.452 e. The van der Waals surface area contributed by atoms with Gasteiger partial charge in [0, 0.05) is 31.2 Å². The van der Waals surface area contributed by atoms with E-state index in [1.807, 2.05) is 13.0 Å². The third kappa shape index (κ3) is 10.2. The zero-order valence-corrected chi connectivity index (χ0v) is 19.1.